The van der Waals surface area contributed by atoms with E-state index in [9.17, 15) is 0 Å². The van der Waals surface area contributed by atoms with Gasteiger partial charge in [0, 0.05) is 12.6 Å². The number of nitrogen functional groups attached to an aromatic ring is 1. The van der Waals surface area contributed by atoms with Crippen molar-refractivity contribution in [3.63, 3.8) is 0 Å². The van der Waals surface area contributed by atoms with Crippen molar-refractivity contribution in [2.75, 3.05) is 17.2 Å². The van der Waals surface area contributed by atoms with Crippen LogP contribution in [-0.2, 0) is 0 Å². The second-order valence-corrected chi connectivity index (χ2v) is 5.35. The number of nitrogens with two attached hydrogens (primary N) is 1. The smallest absolute Gasteiger partial charge is 0.157 e. The number of rotatable bonds is 1. The zero-order valence-electron chi connectivity index (χ0n) is 9.77. The molecule has 1 aliphatic heterocycles. The molecule has 1 aliphatic carbocycles. The molecule has 5 heteroatoms. The summed E-state index contributed by atoms with van der Waals surface area (Å²) < 4.78 is 0. The van der Waals surface area contributed by atoms with Gasteiger partial charge in [-0.3, -0.25) is 0 Å². The minimum Gasteiger partial charge on any atom is -0.393 e. The first kappa shape index (κ1) is 11.1. The van der Waals surface area contributed by atoms with E-state index in [2.05, 4.69) is 14.9 Å². The number of halogens is 1. The largest absolute Gasteiger partial charge is 0.393 e. The van der Waals surface area contributed by atoms with Gasteiger partial charge in [-0.25, -0.2) is 9.97 Å². The van der Waals surface area contributed by atoms with E-state index < -0.39 is 0 Å². The average molecular weight is 253 g/mol. The zero-order valence-corrected chi connectivity index (χ0v) is 10.5. The van der Waals surface area contributed by atoms with Crippen LogP contribution in [0.25, 0.3) is 0 Å². The quantitative estimate of drug-likeness (QED) is 0.781. The van der Waals surface area contributed by atoms with Crippen LogP contribution in [0.3, 0.4) is 0 Å². The van der Waals surface area contributed by atoms with E-state index in [1.807, 2.05) is 0 Å². The van der Waals surface area contributed by atoms with E-state index in [0.717, 1.165) is 18.3 Å². The summed E-state index contributed by atoms with van der Waals surface area (Å²) in [6.45, 7) is 1.04. The Kier molecular flexibility index (Phi) is 2.82. The Morgan fingerprint density at radius 3 is 2.94 bits per heavy atom. The molecule has 2 unspecified atom stereocenters. The Morgan fingerprint density at radius 2 is 2.06 bits per heavy atom. The molecule has 4 nitrogen and oxygen atoms in total. The monoisotopic (exact) mass is 252 g/mol. The fourth-order valence-electron chi connectivity index (χ4n) is 3.31. The maximum absolute atomic E-state index is 6.00. The summed E-state index contributed by atoms with van der Waals surface area (Å²) in [6.07, 6.45) is 8.00. The Morgan fingerprint density at radius 1 is 1.24 bits per heavy atom. The van der Waals surface area contributed by atoms with Crippen LogP contribution < -0.4 is 10.6 Å². The summed E-state index contributed by atoms with van der Waals surface area (Å²) in [5.74, 6) is 1.65. The van der Waals surface area contributed by atoms with Gasteiger partial charge in [0.15, 0.2) is 11.0 Å². The second kappa shape index (κ2) is 4.33. The van der Waals surface area contributed by atoms with Crippen molar-refractivity contribution in [2.24, 2.45) is 5.92 Å². The first-order valence-corrected chi connectivity index (χ1v) is 6.68. The van der Waals surface area contributed by atoms with E-state index in [0.29, 0.717) is 16.9 Å². The van der Waals surface area contributed by atoms with Gasteiger partial charge < -0.3 is 10.6 Å². The molecule has 92 valence electrons. The summed E-state index contributed by atoms with van der Waals surface area (Å²) in [7, 11) is 0. The lowest BCUT2D eigenvalue weighted by atomic mass is 9.92. The standard InChI is InChI=1S/C12H17ClN4/c13-11-10(14)12(16-7-15-11)17-6-2-4-8-3-1-5-9(8)17/h7-9H,1-6,14H2. The molecule has 2 aliphatic rings. The van der Waals surface area contributed by atoms with Crippen LogP contribution in [0.5, 0.6) is 0 Å². The van der Waals surface area contributed by atoms with Crippen LogP contribution in [0.1, 0.15) is 32.1 Å². The molecule has 2 N–H and O–H groups in total. The maximum atomic E-state index is 6.00. The van der Waals surface area contributed by atoms with Crippen molar-refractivity contribution in [3.8, 4) is 0 Å². The maximum Gasteiger partial charge on any atom is 0.157 e. The fourth-order valence-corrected chi connectivity index (χ4v) is 3.44. The van der Waals surface area contributed by atoms with Crippen molar-refractivity contribution in [3.05, 3.63) is 11.5 Å². The summed E-state index contributed by atoms with van der Waals surface area (Å²) in [5.41, 5.74) is 6.53. The number of nitrogens with zero attached hydrogens (tertiary/aromatic N) is 3. The Bertz CT molecular complexity index is 423. The van der Waals surface area contributed by atoms with Crippen molar-refractivity contribution >= 4 is 23.1 Å². The molecule has 0 amide bonds. The number of hydrogen-bond acceptors (Lipinski definition) is 4. The van der Waals surface area contributed by atoms with Crippen LogP contribution in [0.4, 0.5) is 11.5 Å². The summed E-state index contributed by atoms with van der Waals surface area (Å²) >= 11 is 5.97. The van der Waals surface area contributed by atoms with Crippen LogP contribution in [0.2, 0.25) is 5.15 Å². The van der Waals surface area contributed by atoms with Gasteiger partial charge in [0.2, 0.25) is 0 Å². The van der Waals surface area contributed by atoms with Crippen LogP contribution in [0, 0.1) is 5.92 Å². The van der Waals surface area contributed by atoms with Gasteiger partial charge in [0.05, 0.1) is 0 Å². The molecule has 1 aromatic rings. The van der Waals surface area contributed by atoms with Gasteiger partial charge in [-0.2, -0.15) is 0 Å². The van der Waals surface area contributed by atoms with E-state index in [1.165, 1.54) is 38.4 Å². The number of anilines is 2. The fraction of sp³-hybridized carbons (Fsp3) is 0.667. The van der Waals surface area contributed by atoms with Gasteiger partial charge >= 0.3 is 0 Å². The molecule has 1 saturated carbocycles. The van der Waals surface area contributed by atoms with E-state index in [1.54, 1.807) is 0 Å². The third-order valence-corrected chi connectivity index (χ3v) is 4.38. The molecule has 0 spiro atoms. The Labute approximate surface area is 106 Å². The number of aromatic nitrogens is 2. The summed E-state index contributed by atoms with van der Waals surface area (Å²) in [5, 5.41) is 0.370. The lowest BCUT2D eigenvalue weighted by Crippen LogP contribution is -2.43. The van der Waals surface area contributed by atoms with Gasteiger partial charge in [0.1, 0.15) is 12.0 Å². The minimum atomic E-state index is 0.370. The van der Waals surface area contributed by atoms with E-state index in [-0.39, 0.29) is 0 Å². The first-order valence-electron chi connectivity index (χ1n) is 6.30. The molecule has 2 atom stereocenters. The van der Waals surface area contributed by atoms with E-state index in [4.69, 9.17) is 17.3 Å². The molecule has 1 saturated heterocycles. The Hall–Kier alpha value is -1.03. The predicted molar refractivity (Wildman–Crippen MR) is 69.2 cm³/mol. The molecule has 0 radical (unpaired) electrons. The van der Waals surface area contributed by atoms with Crippen molar-refractivity contribution in [2.45, 2.75) is 38.1 Å². The highest BCUT2D eigenvalue weighted by Crippen LogP contribution is 2.40. The zero-order chi connectivity index (χ0) is 11.8. The van der Waals surface area contributed by atoms with Gasteiger partial charge in [-0.05, 0) is 31.6 Å². The second-order valence-electron chi connectivity index (χ2n) is 5.00. The summed E-state index contributed by atoms with van der Waals surface area (Å²) in [4.78, 5) is 10.6. The minimum absolute atomic E-state index is 0.370. The normalized spacial score (nSPS) is 28.2. The molecule has 17 heavy (non-hydrogen) atoms. The topological polar surface area (TPSA) is 55.0 Å². The van der Waals surface area contributed by atoms with Crippen LogP contribution in [-0.4, -0.2) is 22.6 Å². The summed E-state index contributed by atoms with van der Waals surface area (Å²) in [6, 6.07) is 0.608. The Balaban J connectivity index is 1.94. The third kappa shape index (κ3) is 1.84. The number of hydrogen-bond donors (Lipinski definition) is 1. The number of fused-ring (bicyclic) bond motifs is 1. The van der Waals surface area contributed by atoms with Crippen molar-refractivity contribution < 1.29 is 0 Å². The molecular formula is C12H17ClN4. The SMILES string of the molecule is Nc1c(Cl)ncnc1N1CCCC2CCCC21. The molecule has 0 aromatic carbocycles. The number of piperidine rings is 1. The molecule has 0 bridgehead atoms. The third-order valence-electron chi connectivity index (χ3n) is 4.08. The van der Waals surface area contributed by atoms with Crippen molar-refractivity contribution in [1.29, 1.82) is 0 Å². The van der Waals surface area contributed by atoms with Gasteiger partial charge in [-0.1, -0.05) is 18.0 Å². The highest BCUT2D eigenvalue weighted by atomic mass is 35.5. The lowest BCUT2D eigenvalue weighted by Gasteiger charge is -2.39. The highest BCUT2D eigenvalue weighted by molar-refractivity contribution is 6.32. The molecular weight excluding hydrogens is 236 g/mol. The van der Waals surface area contributed by atoms with Crippen molar-refractivity contribution in [1.82, 2.24) is 9.97 Å². The molecule has 2 fully saturated rings. The van der Waals surface area contributed by atoms with E-state index >= 15 is 0 Å². The average Bonchev–Trinajstić information content (AvgIpc) is 2.81. The van der Waals surface area contributed by atoms with Gasteiger partial charge in [0.25, 0.3) is 0 Å². The molecule has 3 rings (SSSR count). The molecule has 2 heterocycles. The highest BCUT2D eigenvalue weighted by Gasteiger charge is 2.36. The van der Waals surface area contributed by atoms with Crippen LogP contribution >= 0.6 is 11.6 Å². The lowest BCUT2D eigenvalue weighted by molar-refractivity contribution is 0.361. The molecule has 1 aromatic heterocycles. The van der Waals surface area contributed by atoms with Crippen LogP contribution in [0.15, 0.2) is 6.33 Å². The van der Waals surface area contributed by atoms with Gasteiger partial charge in [-0.15, -0.1) is 0 Å². The predicted octanol–water partition coefficient (Wildman–Crippen LogP) is 2.48. The first-order chi connectivity index (χ1) is 8.27.